The van der Waals surface area contributed by atoms with E-state index in [1.807, 2.05) is 30.3 Å². The number of fused-ring (bicyclic) bond motifs is 2. The molecule has 2 aliphatic rings. The van der Waals surface area contributed by atoms with Crippen LogP contribution in [0.5, 0.6) is 0 Å². The van der Waals surface area contributed by atoms with Gasteiger partial charge in [-0.3, -0.25) is 5.32 Å². The fourth-order valence-corrected chi connectivity index (χ4v) is 4.56. The minimum Gasteiger partial charge on any atom is -0.446 e. The summed E-state index contributed by atoms with van der Waals surface area (Å²) in [6, 6.07) is 14.0. The van der Waals surface area contributed by atoms with Crippen LogP contribution in [0.3, 0.4) is 0 Å². The molecule has 1 amide bonds. The number of hydrogen-bond acceptors (Lipinski definition) is 2. The molecule has 0 saturated heterocycles. The number of carbonyl (C=O) groups is 1. The van der Waals surface area contributed by atoms with Gasteiger partial charge in [0.05, 0.1) is 5.69 Å². The van der Waals surface area contributed by atoms with Crippen molar-refractivity contribution in [3.05, 3.63) is 42.5 Å². The number of nitrogens with one attached hydrogen (secondary N) is 1. The van der Waals surface area contributed by atoms with Crippen LogP contribution in [0.25, 0.3) is 10.8 Å². The number of hydrogen-bond donors (Lipinski definition) is 1. The lowest BCUT2D eigenvalue weighted by molar-refractivity contribution is 0.0339. The Morgan fingerprint density at radius 3 is 2.62 bits per heavy atom. The van der Waals surface area contributed by atoms with Gasteiger partial charge in [-0.2, -0.15) is 0 Å². The Labute approximate surface area is 143 Å². The molecule has 2 aromatic carbocycles. The summed E-state index contributed by atoms with van der Waals surface area (Å²) in [6.07, 6.45) is 8.47. The zero-order chi connectivity index (χ0) is 16.4. The summed E-state index contributed by atoms with van der Waals surface area (Å²) >= 11 is 0. The largest absolute Gasteiger partial charge is 0.446 e. The smallest absolute Gasteiger partial charge is 0.411 e. The van der Waals surface area contributed by atoms with Gasteiger partial charge in [-0.25, -0.2) is 4.79 Å². The molecule has 0 spiro atoms. The normalized spacial score (nSPS) is 26.6. The van der Waals surface area contributed by atoms with Gasteiger partial charge in [0, 0.05) is 5.39 Å². The molecule has 0 bridgehead atoms. The Morgan fingerprint density at radius 2 is 1.71 bits per heavy atom. The third-order valence-electron chi connectivity index (χ3n) is 5.79. The predicted molar refractivity (Wildman–Crippen MR) is 97.1 cm³/mol. The Hall–Kier alpha value is -2.03. The summed E-state index contributed by atoms with van der Waals surface area (Å²) < 4.78 is 5.74. The number of anilines is 1. The van der Waals surface area contributed by atoms with Crippen LogP contribution in [0.1, 0.15) is 44.9 Å². The van der Waals surface area contributed by atoms with E-state index in [1.54, 1.807) is 0 Å². The first-order chi connectivity index (χ1) is 11.8. The van der Waals surface area contributed by atoms with Crippen LogP contribution in [0.4, 0.5) is 10.5 Å². The Balaban J connectivity index is 1.39. The lowest BCUT2D eigenvalue weighted by Gasteiger charge is -2.38. The first-order valence-electron chi connectivity index (χ1n) is 9.25. The summed E-state index contributed by atoms with van der Waals surface area (Å²) in [5, 5.41) is 5.12. The van der Waals surface area contributed by atoms with Crippen molar-refractivity contribution in [2.75, 3.05) is 5.32 Å². The molecule has 0 heterocycles. The molecule has 3 heteroatoms. The zero-order valence-electron chi connectivity index (χ0n) is 14.0. The highest BCUT2D eigenvalue weighted by molar-refractivity contribution is 6.00. The molecular weight excluding hydrogens is 298 g/mol. The molecule has 24 heavy (non-hydrogen) atoms. The van der Waals surface area contributed by atoms with Gasteiger partial charge in [0.1, 0.15) is 6.10 Å². The molecule has 0 radical (unpaired) electrons. The van der Waals surface area contributed by atoms with Crippen LogP contribution in [0.15, 0.2) is 42.5 Å². The summed E-state index contributed by atoms with van der Waals surface area (Å²) in [5.41, 5.74) is 0.824. The minimum absolute atomic E-state index is 0.0827. The van der Waals surface area contributed by atoms with Crippen LogP contribution in [-0.2, 0) is 4.74 Å². The maximum Gasteiger partial charge on any atom is 0.411 e. The monoisotopic (exact) mass is 323 g/mol. The van der Waals surface area contributed by atoms with Crippen molar-refractivity contribution in [1.82, 2.24) is 0 Å². The van der Waals surface area contributed by atoms with Gasteiger partial charge in [0.15, 0.2) is 0 Å². The van der Waals surface area contributed by atoms with Crippen molar-refractivity contribution < 1.29 is 9.53 Å². The van der Waals surface area contributed by atoms with E-state index < -0.39 is 0 Å². The molecule has 3 nitrogen and oxygen atoms in total. The molecule has 1 N–H and O–H groups in total. The number of ether oxygens (including phenoxy) is 1. The zero-order valence-corrected chi connectivity index (χ0v) is 14.0. The molecule has 4 rings (SSSR count). The van der Waals surface area contributed by atoms with E-state index >= 15 is 0 Å². The molecule has 0 unspecified atom stereocenters. The second kappa shape index (κ2) is 6.84. The van der Waals surface area contributed by atoms with Crippen LogP contribution >= 0.6 is 0 Å². The lowest BCUT2D eigenvalue weighted by Crippen LogP contribution is -2.34. The summed E-state index contributed by atoms with van der Waals surface area (Å²) in [4.78, 5) is 12.4. The maximum atomic E-state index is 12.4. The number of amides is 1. The van der Waals surface area contributed by atoms with Gasteiger partial charge >= 0.3 is 6.09 Å². The molecule has 0 aromatic heterocycles. The first kappa shape index (κ1) is 15.5. The highest BCUT2D eigenvalue weighted by Gasteiger charge is 2.33. The third-order valence-corrected chi connectivity index (χ3v) is 5.79. The second-order valence-corrected chi connectivity index (χ2v) is 7.30. The van der Waals surface area contributed by atoms with Gasteiger partial charge in [-0.1, -0.05) is 62.1 Å². The average Bonchev–Trinajstić information content (AvgIpc) is 2.62. The van der Waals surface area contributed by atoms with Gasteiger partial charge in [-0.15, -0.1) is 0 Å². The van der Waals surface area contributed by atoms with Crippen molar-refractivity contribution in [1.29, 1.82) is 0 Å². The SMILES string of the molecule is O=C(Nc1cccc2ccccc12)O[C@@H]1CC[C@H]2CCCC[C@@H]2C1. The Bertz CT molecular complexity index is 721. The number of carbonyl (C=O) groups excluding carboxylic acids is 1. The van der Waals surface area contributed by atoms with Gasteiger partial charge in [0.2, 0.25) is 0 Å². The molecule has 2 aliphatic carbocycles. The topological polar surface area (TPSA) is 38.3 Å². The van der Waals surface area contributed by atoms with Gasteiger partial charge in [0.25, 0.3) is 0 Å². The lowest BCUT2D eigenvalue weighted by atomic mass is 9.70. The standard InChI is InChI=1S/C21H25NO2/c23-21(22-20-11-5-9-16-7-3-4-10-19(16)20)24-18-13-12-15-6-1-2-8-17(15)14-18/h3-5,7,9-11,15,17-18H,1-2,6,8,12-14H2,(H,22,23)/t15-,17-,18-/m1/s1. The van der Waals surface area contributed by atoms with E-state index in [0.29, 0.717) is 0 Å². The summed E-state index contributed by atoms with van der Waals surface area (Å²) in [6.45, 7) is 0. The van der Waals surface area contributed by atoms with Gasteiger partial charge < -0.3 is 4.74 Å². The van der Waals surface area contributed by atoms with Crippen molar-refractivity contribution in [3.8, 4) is 0 Å². The third kappa shape index (κ3) is 3.26. The fourth-order valence-electron chi connectivity index (χ4n) is 4.56. The molecule has 2 saturated carbocycles. The van der Waals surface area contributed by atoms with Crippen LogP contribution in [0.2, 0.25) is 0 Å². The van der Waals surface area contributed by atoms with Crippen LogP contribution < -0.4 is 5.32 Å². The van der Waals surface area contributed by atoms with E-state index in [1.165, 1.54) is 32.1 Å². The van der Waals surface area contributed by atoms with Crippen molar-refractivity contribution in [2.45, 2.75) is 51.0 Å². The molecular formula is C21H25NO2. The van der Waals surface area contributed by atoms with E-state index in [2.05, 4.69) is 17.4 Å². The van der Waals surface area contributed by atoms with Crippen molar-refractivity contribution in [3.63, 3.8) is 0 Å². The van der Waals surface area contributed by atoms with Crippen molar-refractivity contribution >= 4 is 22.6 Å². The van der Waals surface area contributed by atoms with E-state index in [-0.39, 0.29) is 12.2 Å². The van der Waals surface area contributed by atoms with Crippen molar-refractivity contribution in [2.24, 2.45) is 11.8 Å². The number of benzene rings is 2. The average molecular weight is 323 g/mol. The van der Waals surface area contributed by atoms with Gasteiger partial charge in [-0.05, 0) is 42.6 Å². The minimum atomic E-state index is -0.314. The first-order valence-corrected chi connectivity index (χ1v) is 9.25. The molecule has 0 aliphatic heterocycles. The van der Waals surface area contributed by atoms with Crippen LogP contribution in [0, 0.1) is 11.8 Å². The Morgan fingerprint density at radius 1 is 0.917 bits per heavy atom. The van der Waals surface area contributed by atoms with E-state index in [9.17, 15) is 4.79 Å². The molecule has 3 atom stereocenters. The molecule has 2 fully saturated rings. The quantitative estimate of drug-likeness (QED) is 0.764. The molecule has 126 valence electrons. The summed E-state index contributed by atoms with van der Waals surface area (Å²) in [5.74, 6) is 1.64. The maximum absolute atomic E-state index is 12.4. The Kier molecular flexibility index (Phi) is 4.42. The fraction of sp³-hybridized carbons (Fsp3) is 0.476. The van der Waals surface area contributed by atoms with E-state index in [0.717, 1.165) is 41.1 Å². The highest BCUT2D eigenvalue weighted by atomic mass is 16.6. The second-order valence-electron chi connectivity index (χ2n) is 7.30. The predicted octanol–water partition coefficient (Wildman–Crippen LogP) is 5.75. The highest BCUT2D eigenvalue weighted by Crippen LogP contribution is 2.41. The van der Waals surface area contributed by atoms with E-state index in [4.69, 9.17) is 4.74 Å². The molecule has 2 aromatic rings. The summed E-state index contributed by atoms with van der Waals surface area (Å²) in [7, 11) is 0. The van der Waals surface area contributed by atoms with Crippen LogP contribution in [-0.4, -0.2) is 12.2 Å². The number of rotatable bonds is 2.